The minimum atomic E-state index is 0.761. The molecular weight excluding hydrogens is 436 g/mol. The number of fused-ring (bicyclic) bond motifs is 1. The molecule has 0 saturated carbocycles. The van der Waals surface area contributed by atoms with Crippen LogP contribution in [0, 0.1) is 6.92 Å². The third kappa shape index (κ3) is 4.45. The maximum absolute atomic E-state index is 5.67. The van der Waals surface area contributed by atoms with E-state index in [-0.39, 0.29) is 0 Å². The Morgan fingerprint density at radius 2 is 1.80 bits per heavy atom. The molecule has 0 spiro atoms. The van der Waals surface area contributed by atoms with Gasteiger partial charge in [0.2, 0.25) is 0 Å². The molecule has 178 valence electrons. The summed E-state index contributed by atoms with van der Waals surface area (Å²) in [6.07, 6.45) is 7.86. The Kier molecular flexibility index (Phi) is 6.14. The van der Waals surface area contributed by atoms with E-state index >= 15 is 0 Å². The second kappa shape index (κ2) is 9.54. The van der Waals surface area contributed by atoms with Crippen LogP contribution < -0.4 is 15.0 Å². The zero-order chi connectivity index (χ0) is 24.4. The van der Waals surface area contributed by atoms with E-state index in [1.54, 1.807) is 13.4 Å². The summed E-state index contributed by atoms with van der Waals surface area (Å²) in [5.41, 5.74) is 7.87. The van der Waals surface area contributed by atoms with Crippen LogP contribution in [0.1, 0.15) is 19.5 Å². The van der Waals surface area contributed by atoms with Gasteiger partial charge in [-0.1, -0.05) is 12.1 Å². The third-order valence-electron chi connectivity index (χ3n) is 6.22. The van der Waals surface area contributed by atoms with Gasteiger partial charge in [-0.25, -0.2) is 9.97 Å². The Balaban J connectivity index is 1.44. The Morgan fingerprint density at radius 3 is 2.49 bits per heavy atom. The van der Waals surface area contributed by atoms with E-state index < -0.39 is 0 Å². The highest BCUT2D eigenvalue weighted by atomic mass is 16.5. The lowest BCUT2D eigenvalue weighted by Crippen LogP contribution is -2.21. The quantitative estimate of drug-likeness (QED) is 0.300. The molecular formula is C28H30N6O. The lowest BCUT2D eigenvalue weighted by molar-refractivity contribution is 0.413. The summed E-state index contributed by atoms with van der Waals surface area (Å²) in [6, 6.07) is 18.7. The molecule has 0 aliphatic rings. The van der Waals surface area contributed by atoms with Gasteiger partial charge in [0, 0.05) is 54.7 Å². The minimum absolute atomic E-state index is 0.761. The van der Waals surface area contributed by atoms with Crippen LogP contribution in [0.4, 0.5) is 17.1 Å². The first-order valence-corrected chi connectivity index (χ1v) is 11.9. The number of ether oxygens (including phenoxy) is 1. The summed E-state index contributed by atoms with van der Waals surface area (Å²) in [7, 11) is 1.68. The second-order valence-electron chi connectivity index (χ2n) is 8.43. The highest BCUT2D eigenvalue weighted by Crippen LogP contribution is 2.31. The number of anilines is 3. The van der Waals surface area contributed by atoms with Crippen LogP contribution in [0.3, 0.4) is 0 Å². The van der Waals surface area contributed by atoms with Crippen LogP contribution in [-0.2, 0) is 0 Å². The SMILES string of the molecule is CCN(CC)c1ccc(-c2cn3cccc(Nc4ccc(-n5cnc(C)c5)c(OC)c4)c3n2)cc1. The number of hydrogen-bond acceptors (Lipinski definition) is 5. The molecule has 0 bridgehead atoms. The molecule has 0 atom stereocenters. The molecule has 0 aliphatic carbocycles. The van der Waals surface area contributed by atoms with E-state index in [0.717, 1.165) is 58.5 Å². The number of nitrogens with zero attached hydrogens (tertiary/aromatic N) is 5. The number of aromatic nitrogens is 4. The minimum Gasteiger partial charge on any atom is -0.494 e. The Bertz CT molecular complexity index is 1450. The summed E-state index contributed by atoms with van der Waals surface area (Å²) in [5.74, 6) is 0.761. The van der Waals surface area contributed by atoms with Crippen molar-refractivity contribution in [2.75, 3.05) is 30.4 Å². The summed E-state index contributed by atoms with van der Waals surface area (Å²) >= 11 is 0. The normalized spacial score (nSPS) is 11.1. The van der Waals surface area contributed by atoms with Crippen LogP contribution in [0.5, 0.6) is 5.75 Å². The molecule has 5 aromatic rings. The maximum Gasteiger partial charge on any atom is 0.161 e. The molecule has 0 saturated heterocycles. The molecule has 1 N–H and O–H groups in total. The number of rotatable bonds is 8. The third-order valence-corrected chi connectivity index (χ3v) is 6.22. The molecule has 0 fully saturated rings. The Labute approximate surface area is 205 Å². The fourth-order valence-electron chi connectivity index (χ4n) is 4.36. The van der Waals surface area contributed by atoms with E-state index in [4.69, 9.17) is 9.72 Å². The van der Waals surface area contributed by atoms with Crippen LogP contribution in [0.15, 0.2) is 79.5 Å². The topological polar surface area (TPSA) is 59.6 Å². The van der Waals surface area contributed by atoms with Gasteiger partial charge in [0.15, 0.2) is 5.65 Å². The van der Waals surface area contributed by atoms with Gasteiger partial charge in [-0.3, -0.25) is 0 Å². The molecule has 0 unspecified atom stereocenters. The van der Waals surface area contributed by atoms with Crippen molar-refractivity contribution in [3.05, 3.63) is 85.2 Å². The van der Waals surface area contributed by atoms with Gasteiger partial charge in [-0.2, -0.15) is 0 Å². The van der Waals surface area contributed by atoms with Crippen molar-refractivity contribution in [3.63, 3.8) is 0 Å². The molecule has 2 aromatic carbocycles. The molecule has 7 heteroatoms. The van der Waals surface area contributed by atoms with Gasteiger partial charge in [0.1, 0.15) is 5.75 Å². The monoisotopic (exact) mass is 466 g/mol. The summed E-state index contributed by atoms with van der Waals surface area (Å²) in [6.45, 7) is 8.31. The standard InChI is InChI=1S/C28H30N6O/c1-5-32(6-2)23-12-9-21(10-13-23)25-18-33-15-7-8-24(28(33)31-25)30-22-11-14-26(27(16-22)35-4)34-17-20(3)29-19-34/h7-19,30H,5-6H2,1-4H3. The zero-order valence-electron chi connectivity index (χ0n) is 20.6. The summed E-state index contributed by atoms with van der Waals surface area (Å²) in [5, 5.41) is 3.51. The van der Waals surface area contributed by atoms with Gasteiger partial charge in [-0.15, -0.1) is 0 Å². The van der Waals surface area contributed by atoms with Crippen LogP contribution in [0.25, 0.3) is 22.6 Å². The average molecular weight is 467 g/mol. The van der Waals surface area contributed by atoms with Crippen LogP contribution in [-0.4, -0.2) is 39.1 Å². The summed E-state index contributed by atoms with van der Waals surface area (Å²) < 4.78 is 9.68. The fraction of sp³-hybridized carbons (Fsp3) is 0.214. The number of imidazole rings is 2. The average Bonchev–Trinajstić information content (AvgIpc) is 3.52. The first-order valence-electron chi connectivity index (χ1n) is 11.9. The number of pyridine rings is 1. The number of nitrogens with one attached hydrogen (secondary N) is 1. The highest BCUT2D eigenvalue weighted by Gasteiger charge is 2.12. The van der Waals surface area contributed by atoms with Crippen molar-refractivity contribution in [1.29, 1.82) is 0 Å². The summed E-state index contributed by atoms with van der Waals surface area (Å²) in [4.78, 5) is 11.6. The van der Waals surface area contributed by atoms with Gasteiger partial charge in [-0.05, 0) is 57.2 Å². The van der Waals surface area contributed by atoms with Crippen molar-refractivity contribution in [2.24, 2.45) is 0 Å². The maximum atomic E-state index is 5.67. The predicted molar refractivity (Wildman–Crippen MR) is 142 cm³/mol. The van der Waals surface area contributed by atoms with E-state index in [0.29, 0.717) is 0 Å². The highest BCUT2D eigenvalue weighted by molar-refractivity contribution is 5.78. The van der Waals surface area contributed by atoms with E-state index in [1.807, 2.05) is 54.2 Å². The van der Waals surface area contributed by atoms with E-state index in [9.17, 15) is 0 Å². The van der Waals surface area contributed by atoms with Gasteiger partial charge in [0.05, 0.1) is 36.2 Å². The molecule has 0 aliphatic heterocycles. The van der Waals surface area contributed by atoms with Gasteiger partial charge < -0.3 is 23.9 Å². The van der Waals surface area contributed by atoms with Crippen LogP contribution >= 0.6 is 0 Å². The molecule has 3 heterocycles. The van der Waals surface area contributed by atoms with Gasteiger partial charge in [0.25, 0.3) is 0 Å². The van der Waals surface area contributed by atoms with E-state index in [1.165, 1.54) is 5.69 Å². The van der Waals surface area contributed by atoms with Crippen molar-refractivity contribution < 1.29 is 4.74 Å². The number of benzene rings is 2. The smallest absolute Gasteiger partial charge is 0.161 e. The van der Waals surface area contributed by atoms with Crippen molar-refractivity contribution in [2.45, 2.75) is 20.8 Å². The second-order valence-corrected chi connectivity index (χ2v) is 8.43. The van der Waals surface area contributed by atoms with Crippen molar-refractivity contribution in [3.8, 4) is 22.7 Å². The molecule has 3 aromatic heterocycles. The van der Waals surface area contributed by atoms with Crippen molar-refractivity contribution >= 4 is 22.7 Å². The number of hydrogen-bond donors (Lipinski definition) is 1. The number of methoxy groups -OCH3 is 1. The Morgan fingerprint density at radius 1 is 1.00 bits per heavy atom. The first kappa shape index (κ1) is 22.5. The molecule has 35 heavy (non-hydrogen) atoms. The lowest BCUT2D eigenvalue weighted by Gasteiger charge is -2.20. The van der Waals surface area contributed by atoms with E-state index in [2.05, 4.69) is 63.9 Å². The number of aryl methyl sites for hydroxylation is 1. The lowest BCUT2D eigenvalue weighted by atomic mass is 10.1. The Hall–Kier alpha value is -4.26. The largest absolute Gasteiger partial charge is 0.494 e. The van der Waals surface area contributed by atoms with Gasteiger partial charge >= 0.3 is 0 Å². The molecule has 5 rings (SSSR count). The van der Waals surface area contributed by atoms with Crippen LogP contribution in [0.2, 0.25) is 0 Å². The zero-order valence-corrected chi connectivity index (χ0v) is 20.6. The predicted octanol–water partition coefficient (Wildman–Crippen LogP) is 6.09. The van der Waals surface area contributed by atoms with Crippen molar-refractivity contribution in [1.82, 2.24) is 18.9 Å². The fourth-order valence-corrected chi connectivity index (χ4v) is 4.36. The first-order chi connectivity index (χ1) is 17.1. The molecule has 0 radical (unpaired) electrons. The molecule has 7 nitrogen and oxygen atoms in total. The molecule has 0 amide bonds.